The highest BCUT2D eigenvalue weighted by atomic mass is 32.2. The number of hydrogen-bond donors (Lipinski definition) is 0. The Morgan fingerprint density at radius 3 is 1.67 bits per heavy atom. The van der Waals surface area contributed by atoms with Crippen molar-refractivity contribution in [2.45, 2.75) is 0 Å². The summed E-state index contributed by atoms with van der Waals surface area (Å²) in [7, 11) is -3.91. The second-order valence-corrected chi connectivity index (χ2v) is 8.96. The van der Waals surface area contributed by atoms with Gasteiger partial charge in [-0.15, -0.1) is 0 Å². The Morgan fingerprint density at radius 1 is 0.800 bits per heavy atom. The molecule has 0 spiro atoms. The van der Waals surface area contributed by atoms with Crippen LogP contribution in [0, 0.1) is 11.3 Å². The molecule has 3 aromatic rings. The van der Waals surface area contributed by atoms with Crippen molar-refractivity contribution >= 4 is 18.9 Å². The minimum Gasteiger partial charge on any atom is -0.415 e. The third-order valence-corrected chi connectivity index (χ3v) is 6.55. The van der Waals surface area contributed by atoms with Gasteiger partial charge < -0.3 is 13.2 Å². The molecular formula is C21H19N2O5PS. The molecule has 0 saturated carbocycles. The molecule has 3 rings (SSSR count). The zero-order valence-corrected chi connectivity index (χ0v) is 17.6. The number of nitrogens with zero attached hydrogens (tertiary/aromatic N) is 2. The maximum atomic E-state index is 13.6. The van der Waals surface area contributed by atoms with Crippen LogP contribution in [-0.4, -0.2) is 21.3 Å². The summed E-state index contributed by atoms with van der Waals surface area (Å²) in [5.41, 5.74) is 0. The first-order valence-corrected chi connectivity index (χ1v) is 11.7. The van der Waals surface area contributed by atoms with Crippen molar-refractivity contribution in [1.29, 1.82) is 5.26 Å². The van der Waals surface area contributed by atoms with Gasteiger partial charge in [0, 0.05) is 0 Å². The third-order valence-electron chi connectivity index (χ3n) is 3.67. The van der Waals surface area contributed by atoms with Gasteiger partial charge in [0.1, 0.15) is 30.1 Å². The fraction of sp³-hybridized carbons (Fsp3) is 0.0952. The number of para-hydroxylation sites is 3. The fourth-order valence-electron chi connectivity index (χ4n) is 2.39. The minimum absolute atomic E-state index is 0.306. The summed E-state index contributed by atoms with van der Waals surface area (Å²) in [4.78, 5) is 0. The third kappa shape index (κ3) is 6.46. The van der Waals surface area contributed by atoms with Gasteiger partial charge in [0.2, 0.25) is 0 Å². The van der Waals surface area contributed by atoms with E-state index >= 15 is 0 Å². The van der Waals surface area contributed by atoms with Crippen molar-refractivity contribution in [1.82, 2.24) is 4.31 Å². The number of benzene rings is 3. The van der Waals surface area contributed by atoms with Gasteiger partial charge in [-0.25, -0.2) is 4.57 Å². The standard InChI is InChI=1S/C21H19N2O5PS/c22-16-17-23(30(25)28-21-14-8-3-9-15-21)18-29(24,26-19-10-4-1-5-11-19)27-20-12-6-2-7-13-20/h1-15H,17-18H2. The lowest BCUT2D eigenvalue weighted by Gasteiger charge is -2.24. The molecule has 9 heteroatoms. The molecule has 0 bridgehead atoms. The second-order valence-electron chi connectivity index (χ2n) is 5.97. The van der Waals surface area contributed by atoms with Crippen LogP contribution in [0.3, 0.4) is 0 Å². The quantitative estimate of drug-likeness (QED) is 0.332. The number of rotatable bonds is 10. The van der Waals surface area contributed by atoms with E-state index in [4.69, 9.17) is 13.2 Å². The lowest BCUT2D eigenvalue weighted by molar-refractivity contribution is 0.360. The Bertz CT molecular complexity index is 1000. The molecule has 1 atom stereocenters. The van der Waals surface area contributed by atoms with E-state index in [2.05, 4.69) is 0 Å². The second kappa shape index (κ2) is 10.6. The molecule has 0 heterocycles. The maximum absolute atomic E-state index is 13.6. The topological polar surface area (TPSA) is 88.9 Å². The molecule has 0 N–H and O–H groups in total. The van der Waals surface area contributed by atoms with Gasteiger partial charge in [-0.3, -0.25) is 0 Å². The van der Waals surface area contributed by atoms with Gasteiger partial charge in [-0.05, 0) is 36.4 Å². The van der Waals surface area contributed by atoms with E-state index in [9.17, 15) is 14.0 Å². The zero-order chi connectivity index (χ0) is 21.2. The van der Waals surface area contributed by atoms with Gasteiger partial charge in [0.25, 0.3) is 11.3 Å². The molecule has 30 heavy (non-hydrogen) atoms. The summed E-state index contributed by atoms with van der Waals surface area (Å²) in [5.74, 6) is 0.994. The highest BCUT2D eigenvalue weighted by Gasteiger charge is 2.34. The normalized spacial score (nSPS) is 12.0. The smallest absolute Gasteiger partial charge is 0.415 e. The Labute approximate surface area is 177 Å². The van der Waals surface area contributed by atoms with Crippen molar-refractivity contribution in [3.63, 3.8) is 0 Å². The van der Waals surface area contributed by atoms with Crippen LogP contribution < -0.4 is 13.2 Å². The summed E-state index contributed by atoms with van der Waals surface area (Å²) in [5, 5.41) is 9.17. The molecule has 0 aliphatic heterocycles. The average Bonchev–Trinajstić information content (AvgIpc) is 2.75. The molecule has 154 valence electrons. The molecule has 7 nitrogen and oxygen atoms in total. The maximum Gasteiger partial charge on any atom is 0.445 e. The molecule has 0 aromatic heterocycles. The van der Waals surface area contributed by atoms with Crippen LogP contribution in [0.2, 0.25) is 0 Å². The SMILES string of the molecule is N#CCN(CP(=O)(Oc1ccccc1)Oc1ccccc1)S(=O)Oc1ccccc1. The Morgan fingerprint density at radius 2 is 1.23 bits per heavy atom. The predicted octanol–water partition coefficient (Wildman–Crippen LogP) is 4.78. The zero-order valence-electron chi connectivity index (χ0n) is 15.9. The molecule has 0 radical (unpaired) electrons. The molecule has 0 aliphatic rings. The Kier molecular flexibility index (Phi) is 7.63. The monoisotopic (exact) mass is 442 g/mol. The van der Waals surface area contributed by atoms with Crippen molar-refractivity contribution < 1.29 is 22.0 Å². The van der Waals surface area contributed by atoms with Gasteiger partial charge >= 0.3 is 7.60 Å². The molecule has 0 amide bonds. The Balaban J connectivity index is 1.83. The first-order chi connectivity index (χ1) is 14.6. The number of hydrogen-bond acceptors (Lipinski definition) is 6. The van der Waals surface area contributed by atoms with Crippen molar-refractivity contribution in [2.24, 2.45) is 0 Å². The first-order valence-electron chi connectivity index (χ1n) is 8.93. The van der Waals surface area contributed by atoms with E-state index in [-0.39, 0.29) is 6.54 Å². The molecular weight excluding hydrogens is 423 g/mol. The molecule has 0 fully saturated rings. The first kappa shape index (κ1) is 21.6. The van der Waals surface area contributed by atoms with Gasteiger partial charge in [0.05, 0.1) is 6.07 Å². The molecule has 1 unspecified atom stereocenters. The van der Waals surface area contributed by atoms with Crippen LogP contribution in [0.15, 0.2) is 91.0 Å². The largest absolute Gasteiger partial charge is 0.445 e. The lowest BCUT2D eigenvalue weighted by Crippen LogP contribution is -2.32. The van der Waals surface area contributed by atoms with Crippen LogP contribution in [0.25, 0.3) is 0 Å². The Hall–Kier alpha value is -3.11. The van der Waals surface area contributed by atoms with Crippen molar-refractivity contribution in [3.05, 3.63) is 91.0 Å². The van der Waals surface area contributed by atoms with Gasteiger partial charge in [-0.1, -0.05) is 54.6 Å². The van der Waals surface area contributed by atoms with E-state index in [0.717, 1.165) is 4.31 Å². The molecule has 0 saturated heterocycles. The van der Waals surface area contributed by atoms with E-state index < -0.39 is 25.1 Å². The predicted molar refractivity (Wildman–Crippen MR) is 114 cm³/mol. The van der Waals surface area contributed by atoms with Crippen LogP contribution in [0.5, 0.6) is 17.2 Å². The van der Waals surface area contributed by atoms with E-state index in [0.29, 0.717) is 17.2 Å². The highest BCUT2D eigenvalue weighted by Crippen LogP contribution is 2.49. The average molecular weight is 442 g/mol. The van der Waals surface area contributed by atoms with Crippen LogP contribution >= 0.6 is 7.60 Å². The van der Waals surface area contributed by atoms with E-state index in [1.54, 1.807) is 91.0 Å². The summed E-state index contributed by atoms with van der Waals surface area (Å²) < 4.78 is 44.2. The summed E-state index contributed by atoms with van der Waals surface area (Å²) in [6.07, 6.45) is -0.427. The van der Waals surface area contributed by atoms with Crippen LogP contribution in [0.4, 0.5) is 0 Å². The number of nitriles is 1. The minimum atomic E-state index is -3.91. The molecule has 0 aliphatic carbocycles. The van der Waals surface area contributed by atoms with Crippen molar-refractivity contribution in [2.75, 3.05) is 12.8 Å². The molecule has 3 aromatic carbocycles. The van der Waals surface area contributed by atoms with Crippen LogP contribution in [0.1, 0.15) is 0 Å². The van der Waals surface area contributed by atoms with Gasteiger partial charge in [0.15, 0.2) is 0 Å². The van der Waals surface area contributed by atoms with Crippen LogP contribution in [-0.2, 0) is 15.8 Å². The summed E-state index contributed by atoms with van der Waals surface area (Å²) in [6.45, 7) is -0.306. The highest BCUT2D eigenvalue weighted by molar-refractivity contribution is 7.78. The summed E-state index contributed by atoms with van der Waals surface area (Å²) in [6, 6.07) is 27.4. The van der Waals surface area contributed by atoms with Gasteiger partial charge in [-0.2, -0.15) is 13.8 Å². The van der Waals surface area contributed by atoms with E-state index in [1.807, 2.05) is 6.07 Å². The fourth-order valence-corrected chi connectivity index (χ4v) is 5.26. The van der Waals surface area contributed by atoms with Crippen molar-refractivity contribution in [3.8, 4) is 23.3 Å². The lowest BCUT2D eigenvalue weighted by atomic mass is 10.3. The van der Waals surface area contributed by atoms with E-state index in [1.165, 1.54) is 0 Å². The summed E-state index contributed by atoms with van der Waals surface area (Å²) >= 11 is -2.09.